The predicted octanol–water partition coefficient (Wildman–Crippen LogP) is 4.58. The third kappa shape index (κ3) is 3.31. The molecule has 1 aliphatic heterocycles. The zero-order valence-electron chi connectivity index (χ0n) is 10.7. The molecular formula is C14H17Br2NOS. The van der Waals surface area contributed by atoms with E-state index in [0.29, 0.717) is 6.54 Å². The number of Topliss-reactive ketones (excluding diaryl/α,β-unsaturated/α-hetero) is 1. The van der Waals surface area contributed by atoms with Crippen LogP contribution in [0.1, 0.15) is 36.0 Å². The number of carbonyl (C=O) groups excluding carboxylic acids is 1. The van der Waals surface area contributed by atoms with Crippen molar-refractivity contribution in [3.8, 4) is 0 Å². The largest absolute Gasteiger partial charge is 0.295 e. The molecule has 2 atom stereocenters. The van der Waals surface area contributed by atoms with Gasteiger partial charge in [0.15, 0.2) is 5.78 Å². The molecule has 1 aromatic heterocycles. The molecule has 2 nitrogen and oxygen atoms in total. The second kappa shape index (κ2) is 5.96. The number of hydrogen-bond acceptors (Lipinski definition) is 3. The summed E-state index contributed by atoms with van der Waals surface area (Å²) < 4.78 is 1.96. The zero-order chi connectivity index (χ0) is 13.4. The quantitative estimate of drug-likeness (QED) is 0.684. The molecule has 1 saturated heterocycles. The Bertz CT molecular complexity index is 476. The third-order valence-electron chi connectivity index (χ3n) is 4.25. The van der Waals surface area contributed by atoms with Gasteiger partial charge in [-0.05, 0) is 69.0 Å². The fourth-order valence-corrected chi connectivity index (χ4v) is 6.34. The lowest BCUT2D eigenvalue weighted by Gasteiger charge is -2.41. The molecule has 0 radical (unpaired) electrons. The van der Waals surface area contributed by atoms with Crippen molar-refractivity contribution < 1.29 is 4.79 Å². The number of halogens is 2. The van der Waals surface area contributed by atoms with E-state index < -0.39 is 0 Å². The topological polar surface area (TPSA) is 20.3 Å². The first-order valence-corrected chi connectivity index (χ1v) is 9.22. The van der Waals surface area contributed by atoms with Crippen molar-refractivity contribution in [1.82, 2.24) is 4.90 Å². The third-order valence-corrected chi connectivity index (χ3v) is 6.59. The van der Waals surface area contributed by atoms with Gasteiger partial charge >= 0.3 is 0 Å². The second-order valence-corrected chi connectivity index (χ2v) is 9.50. The highest BCUT2D eigenvalue weighted by Crippen LogP contribution is 2.35. The minimum atomic E-state index is 0.244. The number of nitrogens with zero attached hydrogens (tertiary/aromatic N) is 1. The van der Waals surface area contributed by atoms with Gasteiger partial charge in [0.25, 0.3) is 0 Å². The minimum absolute atomic E-state index is 0.244. The summed E-state index contributed by atoms with van der Waals surface area (Å²) in [5, 5.41) is 0. The maximum absolute atomic E-state index is 12.4. The summed E-state index contributed by atoms with van der Waals surface area (Å²) in [5.41, 5.74) is 0.826. The number of likely N-dealkylation sites (tertiary alicyclic amines) is 1. The molecule has 1 aromatic rings. The summed E-state index contributed by atoms with van der Waals surface area (Å²) in [7, 11) is 0. The van der Waals surface area contributed by atoms with Gasteiger partial charge in [0.2, 0.25) is 0 Å². The van der Waals surface area contributed by atoms with E-state index in [4.69, 9.17) is 0 Å². The number of fused-ring (bicyclic) bond motifs is 2. The van der Waals surface area contributed by atoms with Crippen LogP contribution in [-0.2, 0) is 0 Å². The average molecular weight is 407 g/mol. The van der Waals surface area contributed by atoms with Crippen molar-refractivity contribution in [2.24, 2.45) is 11.8 Å². The molecule has 0 amide bonds. The van der Waals surface area contributed by atoms with Crippen LogP contribution in [0.2, 0.25) is 0 Å². The Morgan fingerprint density at radius 3 is 2.58 bits per heavy atom. The molecule has 2 fully saturated rings. The van der Waals surface area contributed by atoms with Crippen LogP contribution in [0.15, 0.2) is 13.6 Å². The Morgan fingerprint density at radius 2 is 2.00 bits per heavy atom. The molecule has 1 aliphatic carbocycles. The fourth-order valence-electron chi connectivity index (χ4n) is 3.49. The van der Waals surface area contributed by atoms with E-state index in [1.165, 1.54) is 25.7 Å². The molecule has 3 rings (SSSR count). The lowest BCUT2D eigenvalue weighted by Crippen LogP contribution is -2.44. The average Bonchev–Trinajstić information content (AvgIpc) is 2.68. The van der Waals surface area contributed by atoms with Gasteiger partial charge in [-0.15, -0.1) is 11.3 Å². The first-order chi connectivity index (χ1) is 9.11. The van der Waals surface area contributed by atoms with Gasteiger partial charge in [-0.25, -0.2) is 0 Å². The van der Waals surface area contributed by atoms with Crippen LogP contribution in [0.3, 0.4) is 0 Å². The Labute approximate surface area is 134 Å². The Morgan fingerprint density at radius 1 is 1.32 bits per heavy atom. The van der Waals surface area contributed by atoms with E-state index in [2.05, 4.69) is 36.8 Å². The molecular weight excluding hydrogens is 390 g/mol. The van der Waals surface area contributed by atoms with E-state index in [0.717, 1.165) is 38.1 Å². The van der Waals surface area contributed by atoms with Crippen LogP contribution < -0.4 is 0 Å². The monoisotopic (exact) mass is 405 g/mol. The van der Waals surface area contributed by atoms with Crippen molar-refractivity contribution in [2.45, 2.75) is 25.7 Å². The lowest BCUT2D eigenvalue weighted by molar-refractivity contribution is 0.0702. The summed E-state index contributed by atoms with van der Waals surface area (Å²) in [6.07, 6.45) is 5.49. The minimum Gasteiger partial charge on any atom is -0.295 e. The molecule has 104 valence electrons. The van der Waals surface area contributed by atoms with Crippen molar-refractivity contribution in [2.75, 3.05) is 19.6 Å². The molecule has 0 aromatic carbocycles. The highest BCUT2D eigenvalue weighted by molar-refractivity contribution is 9.12. The van der Waals surface area contributed by atoms with Crippen LogP contribution in [0, 0.1) is 11.8 Å². The lowest BCUT2D eigenvalue weighted by atomic mass is 9.78. The molecule has 2 bridgehead atoms. The summed E-state index contributed by atoms with van der Waals surface area (Å²) in [5.74, 6) is 1.91. The van der Waals surface area contributed by atoms with Gasteiger partial charge in [0.05, 0.1) is 14.1 Å². The molecule has 2 unspecified atom stereocenters. The van der Waals surface area contributed by atoms with Gasteiger partial charge in [-0.2, -0.15) is 0 Å². The van der Waals surface area contributed by atoms with Crippen LogP contribution >= 0.6 is 43.2 Å². The Hall–Kier alpha value is 0.290. The molecule has 19 heavy (non-hydrogen) atoms. The summed E-state index contributed by atoms with van der Waals surface area (Å²) >= 11 is 8.49. The van der Waals surface area contributed by atoms with Gasteiger partial charge < -0.3 is 0 Å². The number of piperidine rings is 1. The number of ketones is 1. The number of rotatable bonds is 3. The molecule has 0 N–H and O–H groups in total. The van der Waals surface area contributed by atoms with E-state index in [1.807, 2.05) is 6.07 Å². The van der Waals surface area contributed by atoms with Gasteiger partial charge in [0, 0.05) is 18.7 Å². The predicted molar refractivity (Wildman–Crippen MR) is 85.9 cm³/mol. The summed E-state index contributed by atoms with van der Waals surface area (Å²) in [6, 6.07) is 1.93. The summed E-state index contributed by atoms with van der Waals surface area (Å²) in [4.78, 5) is 14.8. The fraction of sp³-hybridized carbons (Fsp3) is 0.643. The van der Waals surface area contributed by atoms with Crippen molar-refractivity contribution in [3.05, 3.63) is 19.2 Å². The zero-order valence-corrected chi connectivity index (χ0v) is 14.7. The van der Waals surface area contributed by atoms with Crippen LogP contribution in [0.4, 0.5) is 0 Å². The van der Waals surface area contributed by atoms with Gasteiger partial charge in [-0.1, -0.05) is 6.42 Å². The first-order valence-electron chi connectivity index (χ1n) is 6.82. The van der Waals surface area contributed by atoms with Gasteiger partial charge in [0.1, 0.15) is 0 Å². The maximum Gasteiger partial charge on any atom is 0.178 e. The van der Waals surface area contributed by atoms with Crippen molar-refractivity contribution >= 4 is 49.0 Å². The second-order valence-electron chi connectivity index (χ2n) is 5.75. The van der Waals surface area contributed by atoms with Crippen LogP contribution in [-0.4, -0.2) is 30.3 Å². The maximum atomic E-state index is 12.4. The normalized spacial score (nSPS) is 27.5. The smallest absolute Gasteiger partial charge is 0.178 e. The van der Waals surface area contributed by atoms with E-state index in [1.54, 1.807) is 11.3 Å². The molecule has 1 saturated carbocycles. The Kier molecular flexibility index (Phi) is 4.47. The SMILES string of the molecule is O=C(CN1CC2CCCC(C2)C1)c1cc(Br)sc1Br. The highest BCUT2D eigenvalue weighted by Gasteiger charge is 2.31. The van der Waals surface area contributed by atoms with Gasteiger partial charge in [-0.3, -0.25) is 9.69 Å². The molecule has 0 spiro atoms. The molecule has 5 heteroatoms. The van der Waals surface area contributed by atoms with E-state index in [9.17, 15) is 4.79 Å². The highest BCUT2D eigenvalue weighted by atomic mass is 79.9. The standard InChI is InChI=1S/C14H17Br2NOS/c15-13-5-11(14(16)19-13)12(18)8-17-6-9-2-1-3-10(4-9)7-17/h5,9-10H,1-4,6-8H2. The first kappa shape index (κ1) is 14.2. The van der Waals surface area contributed by atoms with Crippen LogP contribution in [0.5, 0.6) is 0 Å². The molecule has 2 heterocycles. The number of carbonyl (C=O) groups is 1. The van der Waals surface area contributed by atoms with E-state index >= 15 is 0 Å². The van der Waals surface area contributed by atoms with E-state index in [-0.39, 0.29) is 5.78 Å². The van der Waals surface area contributed by atoms with Crippen LogP contribution in [0.25, 0.3) is 0 Å². The number of hydrogen-bond donors (Lipinski definition) is 0. The van der Waals surface area contributed by atoms with Crippen molar-refractivity contribution in [1.29, 1.82) is 0 Å². The van der Waals surface area contributed by atoms with Crippen molar-refractivity contribution in [3.63, 3.8) is 0 Å². The number of thiophene rings is 1. The molecule has 2 aliphatic rings. The Balaban J connectivity index is 1.65. The summed E-state index contributed by atoms with van der Waals surface area (Å²) in [6.45, 7) is 2.81.